The fourth-order valence-corrected chi connectivity index (χ4v) is 10.2. The zero-order valence-electron chi connectivity index (χ0n) is 42.3. The zero-order valence-corrected chi connectivity index (χ0v) is 42.3. The van der Waals surface area contributed by atoms with Crippen molar-refractivity contribution in [1.82, 2.24) is 30.6 Å². The molecular formula is C60H64N8O6. The van der Waals surface area contributed by atoms with E-state index in [0.717, 1.165) is 22.3 Å². The summed E-state index contributed by atoms with van der Waals surface area (Å²) in [5, 5.41) is 7.43. The van der Waals surface area contributed by atoms with Gasteiger partial charge in [-0.15, -0.1) is 0 Å². The molecule has 2 aliphatic heterocycles. The Balaban J connectivity index is 0.000000182. The Morgan fingerprint density at radius 1 is 0.541 bits per heavy atom. The Hall–Kier alpha value is -8.26. The maximum atomic E-state index is 13.7. The molecule has 0 bridgehead atoms. The van der Waals surface area contributed by atoms with Crippen LogP contribution in [0.15, 0.2) is 167 Å². The summed E-state index contributed by atoms with van der Waals surface area (Å²) in [5.74, 6) is 2.54. The van der Waals surface area contributed by atoms with E-state index in [1.54, 1.807) is 37.4 Å². The molecule has 2 aliphatic rings. The molecule has 0 unspecified atom stereocenters. The van der Waals surface area contributed by atoms with Crippen molar-refractivity contribution >= 4 is 45.5 Å². The summed E-state index contributed by atoms with van der Waals surface area (Å²) in [7, 11) is 1.59. The molecule has 0 radical (unpaired) electrons. The van der Waals surface area contributed by atoms with Gasteiger partial charge in [0.05, 0.1) is 45.8 Å². The lowest BCUT2D eigenvalue weighted by molar-refractivity contribution is -0.133. The Morgan fingerprint density at radius 2 is 0.905 bits per heavy atom. The number of hydrogen-bond acceptors (Lipinski definition) is 10. The second-order valence-electron chi connectivity index (χ2n) is 19.7. The summed E-state index contributed by atoms with van der Waals surface area (Å²) in [4.78, 5) is 72.4. The maximum absolute atomic E-state index is 13.7. The van der Waals surface area contributed by atoms with Crippen LogP contribution in [0.3, 0.4) is 0 Å². The lowest BCUT2D eigenvalue weighted by Gasteiger charge is -2.41. The van der Waals surface area contributed by atoms with Gasteiger partial charge in [-0.3, -0.25) is 29.1 Å². The summed E-state index contributed by atoms with van der Waals surface area (Å²) < 4.78 is 11.1. The molecule has 2 aromatic heterocycles. The lowest BCUT2D eigenvalue weighted by Crippen LogP contribution is -2.50. The van der Waals surface area contributed by atoms with Crippen LogP contribution in [0.4, 0.5) is 11.9 Å². The van der Waals surface area contributed by atoms with Gasteiger partial charge >= 0.3 is 0 Å². The molecule has 6 aromatic carbocycles. The number of anilines is 2. The predicted molar refractivity (Wildman–Crippen MR) is 292 cm³/mol. The highest BCUT2D eigenvalue weighted by atomic mass is 16.5. The lowest BCUT2D eigenvalue weighted by atomic mass is 9.73. The molecule has 2 fully saturated rings. The fraction of sp³-hybridized carbons (Fsp3) is 0.300. The third-order valence-electron chi connectivity index (χ3n) is 14.3. The van der Waals surface area contributed by atoms with Gasteiger partial charge in [-0.1, -0.05) is 121 Å². The van der Waals surface area contributed by atoms with E-state index in [0.29, 0.717) is 123 Å². The number of carbonyl (C=O) groups excluding carboxylic acids is 2. The molecule has 14 heteroatoms. The molecule has 4 heterocycles. The van der Waals surface area contributed by atoms with Crippen LogP contribution >= 0.6 is 0 Å². The van der Waals surface area contributed by atoms with Crippen molar-refractivity contribution in [3.05, 3.63) is 201 Å². The van der Waals surface area contributed by atoms with E-state index < -0.39 is 10.8 Å². The van der Waals surface area contributed by atoms with E-state index >= 15 is 0 Å². The van der Waals surface area contributed by atoms with Crippen LogP contribution in [0.5, 0.6) is 11.5 Å². The van der Waals surface area contributed by atoms with E-state index in [4.69, 9.17) is 19.4 Å². The number of rotatable bonds is 15. The van der Waals surface area contributed by atoms with E-state index in [-0.39, 0.29) is 29.0 Å². The predicted octanol–water partition coefficient (Wildman–Crippen LogP) is 8.93. The number of aromatic amines is 2. The van der Waals surface area contributed by atoms with Crippen molar-refractivity contribution in [2.24, 2.45) is 10.8 Å². The highest BCUT2D eigenvalue weighted by molar-refractivity contribution is 5.85. The first kappa shape index (κ1) is 50.7. The van der Waals surface area contributed by atoms with Crippen LogP contribution in [0.2, 0.25) is 0 Å². The smallest absolute Gasteiger partial charge is 0.260 e. The van der Waals surface area contributed by atoms with Crippen molar-refractivity contribution < 1.29 is 19.1 Å². The number of fused-ring (bicyclic) bond motifs is 2. The number of nitrogens with one attached hydrogen (secondary N) is 4. The van der Waals surface area contributed by atoms with Crippen LogP contribution in [0.1, 0.15) is 61.8 Å². The summed E-state index contributed by atoms with van der Waals surface area (Å²) in [6, 6.07) is 50.9. The Morgan fingerprint density at radius 3 is 1.28 bits per heavy atom. The topological polar surface area (TPSA) is 175 Å². The summed E-state index contributed by atoms with van der Waals surface area (Å²) >= 11 is 0. The van der Waals surface area contributed by atoms with Gasteiger partial charge in [0.2, 0.25) is 23.7 Å². The number of benzene rings is 6. The second-order valence-corrected chi connectivity index (χ2v) is 19.7. The third kappa shape index (κ3) is 12.1. The average molecular weight is 993 g/mol. The number of hydrogen-bond donors (Lipinski definition) is 4. The molecule has 0 aliphatic carbocycles. The molecule has 10 rings (SSSR count). The van der Waals surface area contributed by atoms with Gasteiger partial charge in [0.15, 0.2) is 0 Å². The van der Waals surface area contributed by atoms with Gasteiger partial charge in [0.1, 0.15) is 11.5 Å². The number of nitrogens with zero attached hydrogens (tertiary/aromatic N) is 4. The number of methoxy groups -OCH3 is 1. The standard InChI is InChI=1S/C31H34N4O3.C29H30N4O3/c1-22(2)38-25-13-14-26-27(19-25)33-30(34-28(26)36)35-17-15-31(16-18-35,20-23-9-5-3-6-10-23)29(37)32-21-24-11-7-4-8-12-24;1-36-23-12-13-24-25(18-23)31-28(32-26(24)34)33-16-14-29(15-17-33,19-21-8-4-2-5-9-21)27(35)30-20-22-10-6-3-7-11-22/h3-14,19,22H,15-18,20-21H2,1-2H3,(H,32,37)(H,33,34,36);2-13,18H,14-17,19-20H2,1H3,(H,30,35)(H,31,32,34). The highest BCUT2D eigenvalue weighted by Crippen LogP contribution is 2.38. The number of carbonyl (C=O) groups is 2. The van der Waals surface area contributed by atoms with Crippen LogP contribution < -0.4 is 41.0 Å². The molecular weight excluding hydrogens is 929 g/mol. The molecule has 14 nitrogen and oxygen atoms in total. The zero-order chi connectivity index (χ0) is 51.5. The SMILES string of the molecule is CC(C)Oc1ccc2c(=O)[nH]c(N3CCC(Cc4ccccc4)(C(=O)NCc4ccccc4)CC3)nc2c1.COc1ccc2c(=O)[nH]c(N3CCC(Cc4ccccc4)(C(=O)NCc4ccccc4)CC3)nc2c1. The first-order valence-electron chi connectivity index (χ1n) is 25.5. The number of aromatic nitrogens is 4. The number of piperidine rings is 2. The van der Waals surface area contributed by atoms with Gasteiger partial charge in [0.25, 0.3) is 11.1 Å². The molecule has 2 amide bonds. The van der Waals surface area contributed by atoms with Crippen molar-refractivity contribution in [2.45, 2.75) is 71.6 Å². The van der Waals surface area contributed by atoms with Crippen molar-refractivity contribution in [1.29, 1.82) is 0 Å². The first-order chi connectivity index (χ1) is 36.0. The normalized spacial score (nSPS) is 15.0. The number of amides is 2. The van der Waals surface area contributed by atoms with Gasteiger partial charge in [-0.25, -0.2) is 9.97 Å². The molecule has 0 spiro atoms. The molecule has 74 heavy (non-hydrogen) atoms. The molecule has 380 valence electrons. The van der Waals surface area contributed by atoms with E-state index in [1.807, 2.05) is 117 Å². The van der Waals surface area contributed by atoms with Crippen molar-refractivity contribution in [3.63, 3.8) is 0 Å². The average Bonchev–Trinajstić information content (AvgIpc) is 3.43. The van der Waals surface area contributed by atoms with Crippen molar-refractivity contribution in [3.8, 4) is 11.5 Å². The second kappa shape index (κ2) is 23.1. The van der Waals surface area contributed by atoms with Gasteiger partial charge in [-0.2, -0.15) is 0 Å². The van der Waals surface area contributed by atoms with Crippen molar-refractivity contribution in [2.75, 3.05) is 43.1 Å². The fourth-order valence-electron chi connectivity index (χ4n) is 10.2. The highest BCUT2D eigenvalue weighted by Gasteiger charge is 2.43. The van der Waals surface area contributed by atoms with E-state index in [9.17, 15) is 19.2 Å². The van der Waals surface area contributed by atoms with Crippen LogP contribution in [0.25, 0.3) is 21.8 Å². The summed E-state index contributed by atoms with van der Waals surface area (Å²) in [5.41, 5.74) is 4.20. The molecule has 8 aromatic rings. The van der Waals surface area contributed by atoms with Gasteiger partial charge in [-0.05, 0) is 98.9 Å². The maximum Gasteiger partial charge on any atom is 0.260 e. The Kier molecular flexibility index (Phi) is 15.8. The monoisotopic (exact) mass is 992 g/mol. The minimum atomic E-state index is -0.540. The van der Waals surface area contributed by atoms with Gasteiger partial charge < -0.3 is 29.9 Å². The quantitative estimate of drug-likeness (QED) is 0.0777. The van der Waals surface area contributed by atoms with Crippen LogP contribution in [-0.2, 0) is 35.5 Å². The van der Waals surface area contributed by atoms with E-state index in [2.05, 4.69) is 54.7 Å². The van der Waals surface area contributed by atoms with Gasteiger partial charge in [0, 0.05) is 51.4 Å². The first-order valence-corrected chi connectivity index (χ1v) is 25.5. The van der Waals surface area contributed by atoms with Crippen LogP contribution in [0, 0.1) is 10.8 Å². The molecule has 2 saturated heterocycles. The summed E-state index contributed by atoms with van der Waals surface area (Å²) in [6.07, 6.45) is 3.98. The minimum absolute atomic E-state index is 0.0294. The molecule has 4 N–H and O–H groups in total. The summed E-state index contributed by atoms with van der Waals surface area (Å²) in [6.45, 7) is 7.39. The van der Waals surface area contributed by atoms with Crippen LogP contribution in [-0.4, -0.2) is 71.1 Å². The Bertz CT molecular complexity index is 3280. The third-order valence-corrected chi connectivity index (χ3v) is 14.3. The molecule has 0 saturated carbocycles. The Labute approximate surface area is 431 Å². The minimum Gasteiger partial charge on any atom is -0.497 e. The number of ether oxygens (including phenoxy) is 2. The number of H-pyrrole nitrogens is 2. The largest absolute Gasteiger partial charge is 0.497 e. The molecule has 0 atom stereocenters. The van der Waals surface area contributed by atoms with E-state index in [1.165, 1.54) is 0 Å².